The van der Waals surface area contributed by atoms with Crippen molar-refractivity contribution in [1.29, 1.82) is 0 Å². The van der Waals surface area contributed by atoms with Gasteiger partial charge in [-0.05, 0) is 37.5 Å². The van der Waals surface area contributed by atoms with Gasteiger partial charge in [-0.2, -0.15) is 0 Å². The number of hydrogen-bond acceptors (Lipinski definition) is 6. The zero-order valence-corrected chi connectivity index (χ0v) is 19.9. The van der Waals surface area contributed by atoms with Crippen molar-refractivity contribution in [1.82, 2.24) is 24.6 Å². The lowest BCUT2D eigenvalue weighted by molar-refractivity contribution is -0.129. The fraction of sp³-hybridized carbons (Fsp3) is 0.400. The minimum absolute atomic E-state index is 0.132. The largest absolute Gasteiger partial charge is 0.467 e. The number of piperidine rings is 1. The molecule has 3 aromatic heterocycles. The van der Waals surface area contributed by atoms with Crippen molar-refractivity contribution in [2.75, 3.05) is 30.3 Å². The molecule has 2 aliphatic rings. The molecule has 9 heteroatoms. The molecule has 0 bridgehead atoms. The Hall–Kier alpha value is -3.20. The second kappa shape index (κ2) is 9.21. The number of rotatable bonds is 6. The Morgan fingerprint density at radius 1 is 1.06 bits per heavy atom. The normalized spacial score (nSPS) is 16.2. The second-order valence-corrected chi connectivity index (χ2v) is 9.92. The van der Waals surface area contributed by atoms with Crippen molar-refractivity contribution < 1.29 is 9.21 Å². The third-order valence-corrected chi connectivity index (χ3v) is 7.74. The van der Waals surface area contributed by atoms with Crippen LogP contribution in [-0.2, 0) is 24.3 Å². The van der Waals surface area contributed by atoms with Crippen molar-refractivity contribution in [3.05, 3.63) is 59.7 Å². The number of anilines is 1. The van der Waals surface area contributed by atoms with Crippen LogP contribution in [0.25, 0.3) is 10.9 Å². The van der Waals surface area contributed by atoms with Crippen LogP contribution in [0, 0.1) is 0 Å². The van der Waals surface area contributed by atoms with E-state index in [-0.39, 0.29) is 5.91 Å². The van der Waals surface area contributed by atoms with Crippen molar-refractivity contribution >= 4 is 34.5 Å². The summed E-state index contributed by atoms with van der Waals surface area (Å²) in [4.78, 5) is 21.0. The summed E-state index contributed by atoms with van der Waals surface area (Å²) in [5.41, 5.74) is 3.64. The number of aromatic amines is 1. The van der Waals surface area contributed by atoms with Gasteiger partial charge in [-0.3, -0.25) is 9.36 Å². The van der Waals surface area contributed by atoms with Gasteiger partial charge in [0.2, 0.25) is 11.9 Å². The zero-order valence-electron chi connectivity index (χ0n) is 19.1. The average molecular weight is 477 g/mol. The summed E-state index contributed by atoms with van der Waals surface area (Å²) in [6.45, 7) is 3.92. The monoisotopic (exact) mass is 476 g/mol. The van der Waals surface area contributed by atoms with Crippen LogP contribution in [0.15, 0.2) is 52.2 Å². The van der Waals surface area contributed by atoms with Crippen LogP contribution in [0.1, 0.15) is 36.3 Å². The average Bonchev–Trinajstić information content (AvgIpc) is 3.62. The number of thioether (sulfide) groups is 1. The quantitative estimate of drug-likeness (QED) is 0.423. The SMILES string of the molecule is O=C(CSc1nnc(N2CCCCC2)n1Cc1ccco1)N1CCc2[nH]c3ccccc3c2C1. The highest BCUT2D eigenvalue weighted by molar-refractivity contribution is 7.99. The first kappa shape index (κ1) is 21.3. The van der Waals surface area contributed by atoms with Crippen molar-refractivity contribution in [2.45, 2.75) is 43.9 Å². The van der Waals surface area contributed by atoms with Crippen LogP contribution in [0.2, 0.25) is 0 Å². The number of benzene rings is 1. The van der Waals surface area contributed by atoms with Gasteiger partial charge in [0.25, 0.3) is 0 Å². The van der Waals surface area contributed by atoms with Crippen molar-refractivity contribution in [3.8, 4) is 0 Å². The van der Waals surface area contributed by atoms with E-state index in [2.05, 4.69) is 42.8 Å². The van der Waals surface area contributed by atoms with Gasteiger partial charge >= 0.3 is 0 Å². The van der Waals surface area contributed by atoms with Crippen molar-refractivity contribution in [2.24, 2.45) is 0 Å². The van der Waals surface area contributed by atoms with Gasteiger partial charge in [-0.1, -0.05) is 30.0 Å². The molecule has 1 aromatic carbocycles. The highest BCUT2D eigenvalue weighted by Gasteiger charge is 2.26. The molecule has 34 heavy (non-hydrogen) atoms. The van der Waals surface area contributed by atoms with Crippen LogP contribution in [-0.4, -0.2) is 55.9 Å². The maximum Gasteiger partial charge on any atom is 0.233 e. The molecule has 0 saturated carbocycles. The van der Waals surface area contributed by atoms with Crippen LogP contribution >= 0.6 is 11.8 Å². The molecule has 0 atom stereocenters. The Balaban J connectivity index is 1.18. The van der Waals surface area contributed by atoms with Gasteiger partial charge in [-0.25, -0.2) is 0 Å². The first-order valence-corrected chi connectivity index (χ1v) is 12.9. The molecule has 0 aliphatic carbocycles. The first-order valence-electron chi connectivity index (χ1n) is 12.0. The van der Waals surface area contributed by atoms with E-state index in [9.17, 15) is 4.79 Å². The summed E-state index contributed by atoms with van der Waals surface area (Å²) < 4.78 is 7.70. The molecule has 1 N–H and O–H groups in total. The first-order chi connectivity index (χ1) is 16.8. The number of carbonyl (C=O) groups is 1. The summed E-state index contributed by atoms with van der Waals surface area (Å²) in [7, 11) is 0. The molecule has 0 unspecified atom stereocenters. The third kappa shape index (κ3) is 4.09. The number of para-hydroxylation sites is 1. The topological polar surface area (TPSA) is 83.2 Å². The van der Waals surface area contributed by atoms with Crippen LogP contribution in [0.4, 0.5) is 5.95 Å². The number of hydrogen-bond donors (Lipinski definition) is 1. The number of amides is 1. The third-order valence-electron chi connectivity index (χ3n) is 6.79. The fourth-order valence-electron chi connectivity index (χ4n) is 5.01. The number of carbonyl (C=O) groups excluding carboxylic acids is 1. The molecule has 0 radical (unpaired) electrons. The number of nitrogens with one attached hydrogen (secondary N) is 1. The van der Waals surface area contributed by atoms with Crippen LogP contribution < -0.4 is 4.90 Å². The van der Waals surface area contributed by atoms with Gasteiger partial charge in [0, 0.05) is 54.8 Å². The Kier molecular flexibility index (Phi) is 5.78. The molecule has 0 spiro atoms. The Morgan fingerprint density at radius 3 is 2.79 bits per heavy atom. The summed E-state index contributed by atoms with van der Waals surface area (Å²) in [5.74, 6) is 2.20. The van der Waals surface area contributed by atoms with Gasteiger partial charge in [0.15, 0.2) is 5.16 Å². The molecular formula is C25H28N6O2S. The molecule has 1 fully saturated rings. The van der Waals surface area contributed by atoms with Crippen LogP contribution in [0.5, 0.6) is 0 Å². The minimum atomic E-state index is 0.132. The van der Waals surface area contributed by atoms with Crippen molar-refractivity contribution in [3.63, 3.8) is 0 Å². The molecule has 6 rings (SSSR count). The number of aromatic nitrogens is 4. The highest BCUT2D eigenvalue weighted by Crippen LogP contribution is 2.29. The lowest BCUT2D eigenvalue weighted by Crippen LogP contribution is -2.37. The molecule has 4 aromatic rings. The predicted octanol–water partition coefficient (Wildman–Crippen LogP) is 4.07. The molecule has 1 saturated heterocycles. The molecule has 176 valence electrons. The number of furan rings is 1. The maximum absolute atomic E-state index is 13.2. The highest BCUT2D eigenvalue weighted by atomic mass is 32.2. The zero-order chi connectivity index (χ0) is 22.9. The lowest BCUT2D eigenvalue weighted by Gasteiger charge is -2.28. The van der Waals surface area contributed by atoms with Gasteiger partial charge in [-0.15, -0.1) is 10.2 Å². The van der Waals surface area contributed by atoms with E-state index in [1.54, 1.807) is 6.26 Å². The Bertz CT molecular complexity index is 1290. The molecule has 8 nitrogen and oxygen atoms in total. The molecular weight excluding hydrogens is 448 g/mol. The molecule has 2 aliphatic heterocycles. The van der Waals surface area contributed by atoms with Gasteiger partial charge in [0.1, 0.15) is 5.76 Å². The second-order valence-electron chi connectivity index (χ2n) is 8.98. The van der Waals surface area contributed by atoms with Crippen LogP contribution in [0.3, 0.4) is 0 Å². The minimum Gasteiger partial charge on any atom is -0.467 e. The van der Waals surface area contributed by atoms with E-state index in [0.29, 0.717) is 18.8 Å². The molecule has 5 heterocycles. The predicted molar refractivity (Wildman–Crippen MR) is 132 cm³/mol. The van der Waals surface area contributed by atoms with Gasteiger partial charge < -0.3 is 19.2 Å². The summed E-state index contributed by atoms with van der Waals surface area (Å²) in [6.07, 6.45) is 6.13. The number of nitrogens with zero attached hydrogens (tertiary/aromatic N) is 5. The van der Waals surface area contributed by atoms with E-state index in [1.807, 2.05) is 23.1 Å². The van der Waals surface area contributed by atoms with Gasteiger partial charge in [0.05, 0.1) is 18.6 Å². The van der Waals surface area contributed by atoms with E-state index in [1.165, 1.54) is 47.7 Å². The lowest BCUT2D eigenvalue weighted by atomic mass is 10.0. The molecule has 1 amide bonds. The Morgan fingerprint density at radius 2 is 1.94 bits per heavy atom. The summed E-state index contributed by atoms with van der Waals surface area (Å²) >= 11 is 1.46. The summed E-state index contributed by atoms with van der Waals surface area (Å²) in [6, 6.07) is 12.2. The fourth-order valence-corrected chi connectivity index (χ4v) is 5.85. The smallest absolute Gasteiger partial charge is 0.233 e. The Labute approximate surface area is 202 Å². The summed E-state index contributed by atoms with van der Waals surface area (Å²) in [5, 5.41) is 11.0. The van der Waals surface area contributed by atoms with E-state index in [4.69, 9.17) is 4.42 Å². The number of fused-ring (bicyclic) bond motifs is 3. The van der Waals surface area contributed by atoms with E-state index in [0.717, 1.165) is 48.4 Å². The van der Waals surface area contributed by atoms with E-state index < -0.39 is 0 Å². The standard InChI is InChI=1S/C25H28N6O2S/c32-23(30-13-10-22-20(16-30)19-8-2-3-9-21(19)26-22)17-34-25-28-27-24(29-11-4-1-5-12-29)31(25)15-18-7-6-14-33-18/h2-3,6-9,14,26H,1,4-5,10-13,15-17H2. The maximum atomic E-state index is 13.2. The number of H-pyrrole nitrogens is 1. The van der Waals surface area contributed by atoms with E-state index >= 15 is 0 Å².